The van der Waals surface area contributed by atoms with Gasteiger partial charge in [0, 0.05) is 44.6 Å². The lowest BCUT2D eigenvalue weighted by Crippen LogP contribution is -2.36. The highest BCUT2D eigenvalue weighted by atomic mass is 35.5. The van der Waals surface area contributed by atoms with Crippen LogP contribution in [0.25, 0.3) is 0 Å². The van der Waals surface area contributed by atoms with Crippen LogP contribution in [0.5, 0.6) is 0 Å². The van der Waals surface area contributed by atoms with Gasteiger partial charge in [0.2, 0.25) is 0 Å². The monoisotopic (exact) mass is 1620 g/mol. The number of amides is 3. The highest BCUT2D eigenvalue weighted by Crippen LogP contribution is 2.19. The van der Waals surface area contributed by atoms with E-state index >= 15 is 0 Å². The van der Waals surface area contributed by atoms with E-state index in [4.69, 9.17) is 39.9 Å². The number of hydroxylamine groups is 2. The van der Waals surface area contributed by atoms with Gasteiger partial charge in [-0.25, -0.2) is 9.59 Å². The standard InChI is InChI=1S/C42H78N2O2.C37H69N.C9H14N2O5.C4H11NO.CH2Cl2.CH4S/c1-5-7-9-11-13-15-17-19-21-23-25-27-29-31-33-35-37-41(43-42(45)46-40-39-44(3)4)38-36-34-32-30-28-26-24-22-20-18-16-14-12-10-8-6-2;1-3-5-7-9-11-13-15-17-19-21-23-25-27-29-31-33-35-37(38)36-34-32-30-28-26-24-22-20-18-16-14-12-10-8-6-4-2;1-10(2)5-6-15-9(14)16-11-7(12)3-4-8(11)13;1-5(2)3-4-6;2-1-3;1-2/h13-16,19-22,41H,5-12,17-18,23-40H2,1-4H3,(H,43,45);11-14,17-20,37H,3-10,15-16,21-36,38H2,1-2H3;3-6H2,1-2H3;6H,3-4H2,1-2H3;1H2;2H,1H3/b15-13-,16-14-,21-19-,22-20-;13-11-,14-12-,19-17-,20-18-;;;;/i/hD. The number of hydrogen-bond acceptors (Lipinski definition) is 13. The van der Waals surface area contributed by atoms with Gasteiger partial charge in [-0.05, 0) is 203 Å². The minimum atomic E-state index is -1.04. The summed E-state index contributed by atoms with van der Waals surface area (Å²) in [6, 6.07) is 0.676. The Morgan fingerprint density at radius 3 is 0.928 bits per heavy atom. The van der Waals surface area contributed by atoms with Crippen molar-refractivity contribution in [2.24, 2.45) is 5.73 Å². The number of carbonyl (C=O) groups is 4. The summed E-state index contributed by atoms with van der Waals surface area (Å²) in [5.41, 5.74) is 6.37. The van der Waals surface area contributed by atoms with Crippen molar-refractivity contribution >= 4 is 59.8 Å². The Labute approximate surface area is 703 Å². The fourth-order valence-corrected chi connectivity index (χ4v) is 11.8. The number of aliphatic hydroxyl groups is 1. The van der Waals surface area contributed by atoms with E-state index in [-0.39, 0.29) is 43.5 Å². The van der Waals surface area contributed by atoms with E-state index in [1.807, 2.05) is 57.0 Å². The number of halogens is 2. The van der Waals surface area contributed by atoms with Crippen LogP contribution in [0, 0.1) is 0 Å². The summed E-state index contributed by atoms with van der Waals surface area (Å²) >= 11 is 10.5. The summed E-state index contributed by atoms with van der Waals surface area (Å²) in [7, 11) is 11.5. The van der Waals surface area contributed by atoms with Crippen molar-refractivity contribution < 1.29 is 38.6 Å². The molecule has 1 aliphatic heterocycles. The molecule has 17 heteroatoms. The average Bonchev–Trinajstić information content (AvgIpc) is 1.73. The predicted molar refractivity (Wildman–Crippen MR) is 490 cm³/mol. The number of hydrogen-bond donors (Lipinski definition) is 4. The van der Waals surface area contributed by atoms with E-state index in [1.165, 1.54) is 295 Å². The Morgan fingerprint density at radius 2 is 0.676 bits per heavy atom. The smallest absolute Gasteiger partial charge is 0.448 e. The SMILES string of the molecule is CCCCC/C=C\C/C=C\CCCCCCCCC(CCCCCCCC/C=C\C/C=C\CCCCC)NC(=O)OCCN(C)C.CCCCC/C=C\C/C=C\CCCCCCCCC(N)CCCCCCCC/C=C\C/C=C\CCCCC.CN(C)CCO.CN(C)CCOC(=O)ON1C(=O)CCC1=O.ClCCl.[2H]SC. The van der Waals surface area contributed by atoms with Crippen molar-refractivity contribution in [3.8, 4) is 0 Å². The number of imide groups is 1. The van der Waals surface area contributed by atoms with E-state index < -0.39 is 18.0 Å². The maximum atomic E-state index is 12.4. The number of ether oxygens (including phenoxy) is 2. The fraction of sp³-hybridized carbons (Fsp3) is 0.787. The number of aliphatic hydroxyl groups excluding tert-OH is 1. The lowest BCUT2D eigenvalue weighted by molar-refractivity contribution is -0.177. The van der Waals surface area contributed by atoms with Crippen molar-refractivity contribution in [3.63, 3.8) is 0 Å². The Kier molecular flexibility index (Phi) is 105. The molecule has 111 heavy (non-hydrogen) atoms. The van der Waals surface area contributed by atoms with Gasteiger partial charge >= 0.3 is 12.2 Å². The maximum Gasteiger partial charge on any atom is 0.534 e. The molecule has 0 saturated carbocycles. The van der Waals surface area contributed by atoms with Crippen LogP contribution >= 0.6 is 35.7 Å². The third kappa shape index (κ3) is 106. The lowest BCUT2D eigenvalue weighted by Gasteiger charge is -2.19. The van der Waals surface area contributed by atoms with E-state index in [0.29, 0.717) is 24.3 Å². The van der Waals surface area contributed by atoms with Crippen molar-refractivity contribution in [3.05, 3.63) is 97.2 Å². The van der Waals surface area contributed by atoms with Gasteiger partial charge in [-0.1, -0.05) is 310 Å². The van der Waals surface area contributed by atoms with Crippen LogP contribution in [-0.4, -0.2) is 155 Å². The van der Waals surface area contributed by atoms with Crippen LogP contribution in [0.1, 0.15) is 374 Å². The number of alkyl halides is 2. The van der Waals surface area contributed by atoms with E-state index in [1.54, 1.807) is 6.26 Å². The molecule has 1 aliphatic rings. The van der Waals surface area contributed by atoms with Gasteiger partial charge in [-0.15, -0.1) is 23.2 Å². The topological polar surface area (TPSA) is 167 Å². The quantitative estimate of drug-likeness (QED) is 0.0114. The van der Waals surface area contributed by atoms with E-state index in [9.17, 15) is 19.2 Å². The first-order chi connectivity index (χ1) is 54.5. The molecule has 0 radical (unpaired) electrons. The second-order valence-corrected chi connectivity index (χ2v) is 31.0. The lowest BCUT2D eigenvalue weighted by atomic mass is 10.00. The summed E-state index contributed by atoms with van der Waals surface area (Å²) in [6.07, 6.45) is 105. The first-order valence-electron chi connectivity index (χ1n) is 45.2. The molecule has 1 heterocycles. The summed E-state index contributed by atoms with van der Waals surface area (Å²) in [5, 5.41) is 12.0. The number of rotatable bonds is 70. The predicted octanol–water partition coefficient (Wildman–Crippen LogP) is 27.0. The molecule has 0 unspecified atom stereocenters. The molecule has 1 rings (SSSR count). The minimum Gasteiger partial charge on any atom is -0.448 e. The van der Waals surface area contributed by atoms with Crippen molar-refractivity contribution in [1.29, 1.82) is 1.12 Å². The van der Waals surface area contributed by atoms with Crippen LogP contribution < -0.4 is 11.1 Å². The van der Waals surface area contributed by atoms with Gasteiger partial charge in [0.05, 0.1) is 11.9 Å². The number of nitrogens with zero attached hydrogens (tertiary/aromatic N) is 4. The molecule has 0 aromatic rings. The number of carbonyl (C=O) groups excluding carboxylic acids is 4. The van der Waals surface area contributed by atoms with Crippen LogP contribution in [0.3, 0.4) is 0 Å². The zero-order valence-electron chi connectivity index (χ0n) is 74.9. The van der Waals surface area contributed by atoms with Gasteiger partial charge in [0.1, 0.15) is 14.3 Å². The van der Waals surface area contributed by atoms with Gasteiger partial charge in [0.15, 0.2) is 0 Å². The average molecular weight is 1620 g/mol. The molecule has 3 amide bonds. The molecule has 4 N–H and O–H groups in total. The molecule has 0 aliphatic carbocycles. The number of alkyl carbamates (subject to hydrolysis) is 1. The summed E-state index contributed by atoms with van der Waals surface area (Å²) in [5.74, 6) is -1.04. The number of allylic oxidation sites excluding steroid dienone is 16. The van der Waals surface area contributed by atoms with Crippen molar-refractivity contribution in [2.45, 2.75) is 387 Å². The van der Waals surface area contributed by atoms with Crippen molar-refractivity contribution in [2.75, 3.05) is 93.3 Å². The molecule has 0 bridgehead atoms. The number of thiol groups is 1. The molecule has 0 atom stereocenters. The second-order valence-electron chi connectivity index (χ2n) is 30.2. The molecule has 1 fully saturated rings. The largest absolute Gasteiger partial charge is 0.534 e. The van der Waals surface area contributed by atoms with Gasteiger partial charge in [0.25, 0.3) is 11.8 Å². The van der Waals surface area contributed by atoms with Crippen LogP contribution in [0.2, 0.25) is 0 Å². The molecule has 1 saturated heterocycles. The van der Waals surface area contributed by atoms with E-state index in [0.717, 1.165) is 64.1 Å². The van der Waals surface area contributed by atoms with Crippen LogP contribution in [0.15, 0.2) is 97.2 Å². The highest BCUT2D eigenvalue weighted by molar-refractivity contribution is 7.79. The van der Waals surface area contributed by atoms with Gasteiger partial charge < -0.3 is 40.3 Å². The zero-order valence-corrected chi connectivity index (χ0v) is 76.2. The molecule has 652 valence electrons. The van der Waals surface area contributed by atoms with Crippen molar-refractivity contribution in [1.82, 2.24) is 25.1 Å². The first kappa shape index (κ1) is 114. The second kappa shape index (κ2) is 102. The maximum absolute atomic E-state index is 12.4. The first-order valence-corrected chi connectivity index (χ1v) is 46.7. The Hall–Kier alpha value is -3.67. The molecular formula is C94H178Cl2N6O8S. The Balaban J connectivity index is -0.000000511. The van der Waals surface area contributed by atoms with Crippen LogP contribution in [-0.2, 0) is 23.9 Å². The Bertz CT molecular complexity index is 2070. The number of nitrogens with two attached hydrogens (primary N) is 1. The zero-order chi connectivity index (χ0) is 83.8. The fourth-order valence-electron chi connectivity index (χ4n) is 11.8. The summed E-state index contributed by atoms with van der Waals surface area (Å²) in [4.78, 5) is 55.9. The highest BCUT2D eigenvalue weighted by Gasteiger charge is 2.33. The summed E-state index contributed by atoms with van der Waals surface area (Å²) < 4.78 is 16.2. The minimum absolute atomic E-state index is 0.0732. The summed E-state index contributed by atoms with van der Waals surface area (Å²) in [6.45, 7) is 12.0. The molecule has 14 nitrogen and oxygen atoms in total. The van der Waals surface area contributed by atoms with Crippen LogP contribution in [0.4, 0.5) is 9.59 Å². The molecule has 0 spiro atoms. The number of unbranched alkanes of at least 4 members (excludes halogenated alkanes) is 36. The Morgan fingerprint density at radius 1 is 0.432 bits per heavy atom. The molecular weight excluding hydrogens is 1440 g/mol. The third-order valence-electron chi connectivity index (χ3n) is 18.6. The van der Waals surface area contributed by atoms with Gasteiger partial charge in [-0.3, -0.25) is 14.4 Å². The molecule has 0 aromatic carbocycles. The number of likely N-dealkylation sites (N-methyl/N-ethyl adjacent to an activating group) is 3. The third-order valence-corrected chi connectivity index (χ3v) is 18.6. The normalized spacial score (nSPS) is 12.5. The molecule has 0 aromatic heterocycles. The number of nitrogens with one attached hydrogen (secondary N) is 1. The van der Waals surface area contributed by atoms with E-state index in [2.05, 4.69) is 140 Å². The van der Waals surface area contributed by atoms with Gasteiger partial charge in [-0.2, -0.15) is 12.5 Å².